The van der Waals surface area contributed by atoms with Crippen LogP contribution in [0.15, 0.2) is 29.2 Å². The average Bonchev–Trinajstić information content (AvgIpc) is 2.62. The number of carbonyl (C=O) groups excluding carboxylic acids is 2. The predicted octanol–water partition coefficient (Wildman–Crippen LogP) is 0.999. The molecule has 144 valence electrons. The summed E-state index contributed by atoms with van der Waals surface area (Å²) in [5, 5.41) is 2.08. The quantitative estimate of drug-likeness (QED) is 0.815. The van der Waals surface area contributed by atoms with E-state index in [1.165, 1.54) is 11.4 Å². The van der Waals surface area contributed by atoms with Gasteiger partial charge >= 0.3 is 6.09 Å². The van der Waals surface area contributed by atoms with Crippen molar-refractivity contribution in [2.24, 2.45) is 0 Å². The van der Waals surface area contributed by atoms with Gasteiger partial charge in [-0.3, -0.25) is 15.0 Å². The van der Waals surface area contributed by atoms with Crippen LogP contribution in [-0.4, -0.2) is 69.5 Å². The van der Waals surface area contributed by atoms with Crippen LogP contribution < -0.4 is 5.32 Å². The van der Waals surface area contributed by atoms with E-state index in [4.69, 9.17) is 0 Å². The van der Waals surface area contributed by atoms with Crippen LogP contribution in [0.1, 0.15) is 25.3 Å². The molecule has 1 fully saturated rings. The molecule has 1 aromatic rings. The first-order valence-electron chi connectivity index (χ1n) is 8.44. The summed E-state index contributed by atoms with van der Waals surface area (Å²) < 4.78 is 31.3. The lowest BCUT2D eigenvalue weighted by Crippen LogP contribution is -2.51. The molecule has 1 aliphatic rings. The Hall–Kier alpha value is -1.97. The zero-order chi connectivity index (χ0) is 19.3. The highest BCUT2D eigenvalue weighted by atomic mass is 32.2. The monoisotopic (exact) mass is 383 g/mol. The van der Waals surface area contributed by atoms with Crippen LogP contribution in [0.5, 0.6) is 0 Å². The van der Waals surface area contributed by atoms with Gasteiger partial charge in [-0.15, -0.1) is 0 Å². The number of piperazine rings is 1. The Morgan fingerprint density at radius 2 is 1.69 bits per heavy atom. The number of alkyl carbamates (subject to hydrolysis) is 1. The maximum atomic E-state index is 12.7. The van der Waals surface area contributed by atoms with E-state index in [2.05, 4.69) is 23.9 Å². The second-order valence-electron chi connectivity index (χ2n) is 6.44. The van der Waals surface area contributed by atoms with Crippen LogP contribution in [0.3, 0.4) is 0 Å². The number of hydrogen-bond acceptors (Lipinski definition) is 6. The third-order valence-corrected chi connectivity index (χ3v) is 6.22. The second kappa shape index (κ2) is 8.61. The van der Waals surface area contributed by atoms with Gasteiger partial charge in [0, 0.05) is 26.2 Å². The summed E-state index contributed by atoms with van der Waals surface area (Å²) in [6.07, 6.45) is -0.805. The molecule has 0 unspecified atom stereocenters. The number of sulfonamides is 1. The van der Waals surface area contributed by atoms with Crippen molar-refractivity contribution < 1.29 is 22.7 Å². The van der Waals surface area contributed by atoms with Gasteiger partial charge in [-0.25, -0.2) is 13.2 Å². The first-order valence-corrected chi connectivity index (χ1v) is 9.88. The van der Waals surface area contributed by atoms with E-state index < -0.39 is 22.0 Å². The smallest absolute Gasteiger partial charge is 0.413 e. The van der Waals surface area contributed by atoms with Crippen LogP contribution in [0, 0.1) is 0 Å². The van der Waals surface area contributed by atoms with Crippen LogP contribution in [0.25, 0.3) is 0 Å². The van der Waals surface area contributed by atoms with Crippen molar-refractivity contribution in [1.82, 2.24) is 14.5 Å². The van der Waals surface area contributed by atoms with Crippen molar-refractivity contribution in [3.8, 4) is 0 Å². The molecule has 0 saturated carbocycles. The predicted molar refractivity (Wildman–Crippen MR) is 96.3 cm³/mol. The van der Waals surface area contributed by atoms with E-state index in [1.54, 1.807) is 17.0 Å². The van der Waals surface area contributed by atoms with Crippen LogP contribution in [0.2, 0.25) is 0 Å². The number of imide groups is 1. The lowest BCUT2D eigenvalue weighted by molar-refractivity contribution is -0.121. The Balaban J connectivity index is 1.93. The Labute approximate surface area is 154 Å². The van der Waals surface area contributed by atoms with Gasteiger partial charge in [0.05, 0.1) is 18.6 Å². The van der Waals surface area contributed by atoms with Gasteiger partial charge < -0.3 is 4.74 Å². The van der Waals surface area contributed by atoms with Gasteiger partial charge in [-0.2, -0.15) is 4.31 Å². The number of hydrogen-bond donors (Lipinski definition) is 1. The standard InChI is InChI=1S/C17H25N3O5S/c1-13(2)14-4-6-15(7-5-14)26(23,24)20-10-8-19(9-11-20)12-16(21)18-17(22)25-3/h4-7,13H,8-12H2,1-3H3,(H,18,21,22). The number of amides is 2. The average molecular weight is 383 g/mol. The third kappa shape index (κ3) is 5.03. The number of nitrogens with one attached hydrogen (secondary N) is 1. The van der Waals surface area contributed by atoms with Crippen molar-refractivity contribution in [2.45, 2.75) is 24.7 Å². The maximum Gasteiger partial charge on any atom is 0.413 e. The molecule has 9 heteroatoms. The molecule has 1 aromatic carbocycles. The summed E-state index contributed by atoms with van der Waals surface area (Å²) in [5.41, 5.74) is 1.09. The first kappa shape index (κ1) is 20.3. The van der Waals surface area contributed by atoms with Crippen LogP contribution in [0.4, 0.5) is 4.79 Å². The number of methoxy groups -OCH3 is 1. The molecular weight excluding hydrogens is 358 g/mol. The fraction of sp³-hybridized carbons (Fsp3) is 0.529. The van der Waals surface area contributed by atoms with Crippen molar-refractivity contribution in [3.63, 3.8) is 0 Å². The van der Waals surface area contributed by atoms with Crippen molar-refractivity contribution in [2.75, 3.05) is 39.8 Å². The molecule has 1 N–H and O–H groups in total. The molecule has 2 amide bonds. The molecule has 0 radical (unpaired) electrons. The van der Waals surface area contributed by atoms with E-state index in [0.29, 0.717) is 32.1 Å². The van der Waals surface area contributed by atoms with Crippen LogP contribution >= 0.6 is 0 Å². The second-order valence-corrected chi connectivity index (χ2v) is 8.38. The van der Waals surface area contributed by atoms with Gasteiger partial charge in [0.15, 0.2) is 0 Å². The maximum absolute atomic E-state index is 12.7. The van der Waals surface area contributed by atoms with Gasteiger partial charge in [-0.1, -0.05) is 26.0 Å². The first-order chi connectivity index (χ1) is 12.2. The molecule has 0 atom stereocenters. The normalized spacial score (nSPS) is 16.5. The van der Waals surface area contributed by atoms with E-state index >= 15 is 0 Å². The number of benzene rings is 1. The summed E-state index contributed by atoms with van der Waals surface area (Å²) in [6.45, 7) is 5.54. The minimum atomic E-state index is -3.55. The summed E-state index contributed by atoms with van der Waals surface area (Å²) >= 11 is 0. The van der Waals surface area contributed by atoms with Crippen molar-refractivity contribution >= 4 is 22.0 Å². The van der Waals surface area contributed by atoms with Crippen molar-refractivity contribution in [1.29, 1.82) is 0 Å². The molecule has 0 aliphatic carbocycles. The summed E-state index contributed by atoms with van der Waals surface area (Å²) in [7, 11) is -2.37. The highest BCUT2D eigenvalue weighted by Gasteiger charge is 2.29. The molecule has 0 aromatic heterocycles. The highest BCUT2D eigenvalue weighted by molar-refractivity contribution is 7.89. The van der Waals surface area contributed by atoms with Gasteiger partial charge in [0.2, 0.25) is 15.9 Å². The molecule has 1 saturated heterocycles. The fourth-order valence-electron chi connectivity index (χ4n) is 2.71. The third-order valence-electron chi connectivity index (χ3n) is 4.31. The zero-order valence-electron chi connectivity index (χ0n) is 15.3. The molecule has 2 rings (SSSR count). The minimum absolute atomic E-state index is 0.0199. The Morgan fingerprint density at radius 3 is 2.19 bits per heavy atom. The highest BCUT2D eigenvalue weighted by Crippen LogP contribution is 2.21. The number of carbonyl (C=O) groups is 2. The summed E-state index contributed by atoms with van der Waals surface area (Å²) in [4.78, 5) is 24.8. The number of rotatable bonds is 5. The van der Waals surface area contributed by atoms with Gasteiger partial charge in [0.25, 0.3) is 0 Å². The van der Waals surface area contributed by atoms with E-state index in [9.17, 15) is 18.0 Å². The molecule has 1 aliphatic heterocycles. The number of nitrogens with zero attached hydrogens (tertiary/aromatic N) is 2. The zero-order valence-corrected chi connectivity index (χ0v) is 16.1. The summed E-state index contributed by atoms with van der Waals surface area (Å²) in [5.74, 6) is -0.135. The Morgan fingerprint density at radius 1 is 1.12 bits per heavy atom. The molecule has 26 heavy (non-hydrogen) atoms. The van der Waals surface area contributed by atoms with Crippen molar-refractivity contribution in [3.05, 3.63) is 29.8 Å². The lowest BCUT2D eigenvalue weighted by atomic mass is 10.0. The fourth-order valence-corrected chi connectivity index (χ4v) is 4.13. The summed E-state index contributed by atoms with van der Waals surface area (Å²) in [6, 6.07) is 6.96. The van der Waals surface area contributed by atoms with E-state index in [1.807, 2.05) is 12.1 Å². The minimum Gasteiger partial charge on any atom is -0.453 e. The molecule has 0 spiro atoms. The molecule has 0 bridgehead atoms. The lowest BCUT2D eigenvalue weighted by Gasteiger charge is -2.33. The molecule has 8 nitrogen and oxygen atoms in total. The topological polar surface area (TPSA) is 96.0 Å². The largest absolute Gasteiger partial charge is 0.453 e. The van der Waals surface area contributed by atoms with Crippen LogP contribution in [-0.2, 0) is 19.6 Å². The SMILES string of the molecule is COC(=O)NC(=O)CN1CCN(S(=O)(=O)c2ccc(C(C)C)cc2)CC1. The number of ether oxygens (including phenoxy) is 1. The molecule has 1 heterocycles. The Bertz CT molecular complexity index is 738. The van der Waals surface area contributed by atoms with Gasteiger partial charge in [-0.05, 0) is 23.6 Å². The van der Waals surface area contributed by atoms with E-state index in [0.717, 1.165) is 5.56 Å². The van der Waals surface area contributed by atoms with E-state index in [-0.39, 0.29) is 11.4 Å². The van der Waals surface area contributed by atoms with Gasteiger partial charge in [0.1, 0.15) is 0 Å². The molecular formula is C17H25N3O5S. The Kier molecular flexibility index (Phi) is 6.74.